The number of aliphatic hydroxyl groups is 2. The minimum absolute atomic E-state index is 0.208. The number of benzene rings is 1. The molecule has 1 rings (SSSR count). The van der Waals surface area contributed by atoms with E-state index in [4.69, 9.17) is 33.4 Å². The molecule has 1 atom stereocenters. The molecule has 0 saturated heterocycles. The van der Waals surface area contributed by atoms with Gasteiger partial charge in [-0.25, -0.2) is 0 Å². The molecule has 5 heteroatoms. The molecule has 1 aromatic rings. The Morgan fingerprint density at radius 1 is 1.29 bits per heavy atom. The average Bonchev–Trinajstić information content (AvgIpc) is 2.16. The molecule has 3 nitrogen and oxygen atoms in total. The molecule has 0 saturated carbocycles. The monoisotopic (exact) mass is 235 g/mol. The fourth-order valence-corrected chi connectivity index (χ4v) is 1.48. The van der Waals surface area contributed by atoms with Gasteiger partial charge in [-0.3, -0.25) is 0 Å². The van der Waals surface area contributed by atoms with Crippen molar-refractivity contribution < 1.29 is 10.2 Å². The molecule has 0 aliphatic heterocycles. The van der Waals surface area contributed by atoms with Crippen molar-refractivity contribution in [2.75, 3.05) is 18.5 Å². The highest BCUT2D eigenvalue weighted by molar-refractivity contribution is 6.39. The number of rotatable bonds is 4. The van der Waals surface area contributed by atoms with Gasteiger partial charge in [-0.15, -0.1) is 0 Å². The van der Waals surface area contributed by atoms with Crippen LogP contribution in [0, 0.1) is 0 Å². The van der Waals surface area contributed by atoms with E-state index in [1.807, 2.05) is 0 Å². The van der Waals surface area contributed by atoms with Crippen molar-refractivity contribution in [3.8, 4) is 0 Å². The Bertz CT molecular complexity index is 287. The van der Waals surface area contributed by atoms with Crippen LogP contribution in [0.1, 0.15) is 0 Å². The first-order chi connectivity index (χ1) is 6.65. The van der Waals surface area contributed by atoms with Crippen LogP contribution in [-0.2, 0) is 0 Å². The van der Waals surface area contributed by atoms with E-state index < -0.39 is 6.10 Å². The van der Waals surface area contributed by atoms with E-state index in [0.717, 1.165) is 0 Å². The second kappa shape index (κ2) is 5.41. The second-order valence-corrected chi connectivity index (χ2v) is 3.63. The first-order valence-electron chi connectivity index (χ1n) is 4.12. The Hall–Kier alpha value is -0.480. The lowest BCUT2D eigenvalue weighted by molar-refractivity contribution is 0.105. The highest BCUT2D eigenvalue weighted by atomic mass is 35.5. The average molecular weight is 236 g/mol. The zero-order chi connectivity index (χ0) is 10.6. The first-order valence-corrected chi connectivity index (χ1v) is 4.87. The Morgan fingerprint density at radius 3 is 2.36 bits per heavy atom. The van der Waals surface area contributed by atoms with E-state index in [1.165, 1.54) is 0 Å². The van der Waals surface area contributed by atoms with E-state index in [9.17, 15) is 0 Å². The van der Waals surface area contributed by atoms with Gasteiger partial charge in [0.15, 0.2) is 0 Å². The van der Waals surface area contributed by atoms with E-state index in [-0.39, 0.29) is 13.2 Å². The number of nitrogens with one attached hydrogen (secondary N) is 1. The van der Waals surface area contributed by atoms with Crippen molar-refractivity contribution in [3.63, 3.8) is 0 Å². The lowest BCUT2D eigenvalue weighted by Crippen LogP contribution is -2.23. The molecule has 78 valence electrons. The third kappa shape index (κ3) is 3.03. The molecular formula is C9H11Cl2NO2. The summed E-state index contributed by atoms with van der Waals surface area (Å²) in [5.41, 5.74) is 0.573. The molecule has 3 N–H and O–H groups in total. The summed E-state index contributed by atoms with van der Waals surface area (Å²) >= 11 is 11.7. The molecule has 0 aliphatic carbocycles. The van der Waals surface area contributed by atoms with E-state index in [2.05, 4.69) is 5.32 Å². The van der Waals surface area contributed by atoms with Crippen LogP contribution in [0.3, 0.4) is 0 Å². The number of anilines is 1. The normalized spacial score (nSPS) is 12.6. The standard InChI is InChI=1S/C9H11Cl2NO2/c10-7-2-1-3-8(11)9(7)12-4-6(14)5-13/h1-3,6,12-14H,4-5H2. The van der Waals surface area contributed by atoms with Crippen molar-refractivity contribution in [1.29, 1.82) is 0 Å². The molecule has 0 spiro atoms. The number of halogens is 2. The lowest BCUT2D eigenvalue weighted by Gasteiger charge is -2.12. The van der Waals surface area contributed by atoms with Crippen LogP contribution < -0.4 is 5.32 Å². The summed E-state index contributed by atoms with van der Waals surface area (Å²) in [5.74, 6) is 0. The predicted molar refractivity (Wildman–Crippen MR) is 58.0 cm³/mol. The van der Waals surface area contributed by atoms with Crippen LogP contribution in [0.5, 0.6) is 0 Å². The number of hydrogen-bond acceptors (Lipinski definition) is 3. The van der Waals surface area contributed by atoms with Crippen LogP contribution in [0.25, 0.3) is 0 Å². The molecule has 0 radical (unpaired) electrons. The van der Waals surface area contributed by atoms with Gasteiger partial charge in [0.2, 0.25) is 0 Å². The van der Waals surface area contributed by atoms with E-state index in [1.54, 1.807) is 18.2 Å². The summed E-state index contributed by atoms with van der Waals surface area (Å²) in [4.78, 5) is 0. The summed E-state index contributed by atoms with van der Waals surface area (Å²) in [6, 6.07) is 5.13. The van der Waals surface area contributed by atoms with Gasteiger partial charge in [-0.2, -0.15) is 0 Å². The molecule has 0 amide bonds. The zero-order valence-corrected chi connectivity index (χ0v) is 8.89. The van der Waals surface area contributed by atoms with Crippen molar-refractivity contribution in [2.45, 2.75) is 6.10 Å². The fourth-order valence-electron chi connectivity index (χ4n) is 0.951. The highest BCUT2D eigenvalue weighted by Crippen LogP contribution is 2.29. The van der Waals surface area contributed by atoms with Gasteiger partial charge in [0, 0.05) is 6.54 Å². The minimum Gasteiger partial charge on any atom is -0.394 e. The van der Waals surface area contributed by atoms with E-state index in [0.29, 0.717) is 15.7 Å². The summed E-state index contributed by atoms with van der Waals surface area (Å²) < 4.78 is 0. The Labute approximate surface area is 92.3 Å². The third-order valence-electron chi connectivity index (χ3n) is 1.69. The molecule has 1 unspecified atom stereocenters. The zero-order valence-electron chi connectivity index (χ0n) is 7.37. The maximum Gasteiger partial charge on any atom is 0.0942 e. The molecule has 0 aromatic heterocycles. The Morgan fingerprint density at radius 2 is 1.86 bits per heavy atom. The molecule has 14 heavy (non-hydrogen) atoms. The van der Waals surface area contributed by atoms with Gasteiger partial charge in [0.1, 0.15) is 0 Å². The van der Waals surface area contributed by atoms with Gasteiger partial charge < -0.3 is 15.5 Å². The summed E-state index contributed by atoms with van der Waals surface area (Å²) in [7, 11) is 0. The van der Waals surface area contributed by atoms with Crippen molar-refractivity contribution in [1.82, 2.24) is 0 Å². The Balaban J connectivity index is 2.66. The van der Waals surface area contributed by atoms with E-state index >= 15 is 0 Å². The van der Waals surface area contributed by atoms with Gasteiger partial charge in [-0.05, 0) is 12.1 Å². The molecular weight excluding hydrogens is 225 g/mol. The molecule has 0 fully saturated rings. The van der Waals surface area contributed by atoms with Crippen molar-refractivity contribution >= 4 is 28.9 Å². The molecule has 0 heterocycles. The number of para-hydroxylation sites is 1. The highest BCUT2D eigenvalue weighted by Gasteiger charge is 2.07. The van der Waals surface area contributed by atoms with Crippen molar-refractivity contribution in [3.05, 3.63) is 28.2 Å². The minimum atomic E-state index is -0.817. The summed E-state index contributed by atoms with van der Waals surface area (Å²) in [6.45, 7) is -0.0883. The van der Waals surface area contributed by atoms with Gasteiger partial charge >= 0.3 is 0 Å². The van der Waals surface area contributed by atoms with Gasteiger partial charge in [0.05, 0.1) is 28.4 Å². The maximum atomic E-state index is 9.10. The topological polar surface area (TPSA) is 52.5 Å². The quantitative estimate of drug-likeness (QED) is 0.746. The maximum absolute atomic E-state index is 9.10. The van der Waals surface area contributed by atoms with Crippen LogP contribution in [0.4, 0.5) is 5.69 Å². The third-order valence-corrected chi connectivity index (χ3v) is 2.32. The van der Waals surface area contributed by atoms with Crippen LogP contribution in [0.15, 0.2) is 18.2 Å². The van der Waals surface area contributed by atoms with Gasteiger partial charge in [0.25, 0.3) is 0 Å². The van der Waals surface area contributed by atoms with Gasteiger partial charge in [-0.1, -0.05) is 29.3 Å². The summed E-state index contributed by atoms with van der Waals surface area (Å²) in [6.07, 6.45) is -0.817. The van der Waals surface area contributed by atoms with Crippen molar-refractivity contribution in [2.24, 2.45) is 0 Å². The predicted octanol–water partition coefficient (Wildman–Crippen LogP) is 1.76. The molecule has 1 aromatic carbocycles. The SMILES string of the molecule is OCC(O)CNc1c(Cl)cccc1Cl. The molecule has 0 bridgehead atoms. The van der Waals surface area contributed by atoms with Crippen LogP contribution >= 0.6 is 23.2 Å². The second-order valence-electron chi connectivity index (χ2n) is 2.81. The number of hydrogen-bond donors (Lipinski definition) is 3. The smallest absolute Gasteiger partial charge is 0.0942 e. The number of aliphatic hydroxyl groups excluding tert-OH is 2. The Kier molecular flexibility index (Phi) is 4.48. The van der Waals surface area contributed by atoms with Crippen LogP contribution in [0.2, 0.25) is 10.0 Å². The van der Waals surface area contributed by atoms with Crippen LogP contribution in [-0.4, -0.2) is 29.5 Å². The lowest BCUT2D eigenvalue weighted by atomic mass is 10.3. The fraction of sp³-hybridized carbons (Fsp3) is 0.333. The molecule has 0 aliphatic rings. The summed E-state index contributed by atoms with van der Waals surface area (Å²) in [5, 5.41) is 21.5. The largest absolute Gasteiger partial charge is 0.394 e. The first kappa shape index (κ1) is 11.6.